The molecule has 90 valence electrons. The topological polar surface area (TPSA) is 79.0 Å². The first-order valence-electron chi connectivity index (χ1n) is 5.40. The fourth-order valence-electron chi connectivity index (χ4n) is 1.91. The third-order valence-corrected chi connectivity index (χ3v) is 2.91. The minimum atomic E-state index is -0.406. The van der Waals surface area contributed by atoms with Gasteiger partial charge < -0.3 is 10.1 Å². The van der Waals surface area contributed by atoms with Crippen LogP contribution >= 0.6 is 0 Å². The molecule has 1 aromatic carbocycles. The Morgan fingerprint density at radius 2 is 1.82 bits per heavy atom. The van der Waals surface area contributed by atoms with Gasteiger partial charge in [-0.1, -0.05) is 5.16 Å². The Kier molecular flexibility index (Phi) is 3.22. The number of nitrogens with zero attached hydrogens (tertiary/aromatic N) is 3. The number of rotatable bonds is 2. The van der Waals surface area contributed by atoms with Gasteiger partial charge in [-0.3, -0.25) is 10.1 Å². The number of piperidine rings is 1. The van der Waals surface area contributed by atoms with E-state index in [1.54, 1.807) is 12.1 Å². The van der Waals surface area contributed by atoms with E-state index < -0.39 is 4.92 Å². The number of nitro groups is 1. The lowest BCUT2D eigenvalue weighted by molar-refractivity contribution is -0.384. The highest BCUT2D eigenvalue weighted by atomic mass is 16.6. The third kappa shape index (κ3) is 2.52. The van der Waals surface area contributed by atoms with Gasteiger partial charge in [0.2, 0.25) is 0 Å². The van der Waals surface area contributed by atoms with Crippen molar-refractivity contribution in [2.75, 3.05) is 18.0 Å². The summed E-state index contributed by atoms with van der Waals surface area (Å²) >= 11 is 0. The lowest BCUT2D eigenvalue weighted by Crippen LogP contribution is -2.33. The second-order valence-corrected chi connectivity index (χ2v) is 3.93. The summed E-state index contributed by atoms with van der Waals surface area (Å²) in [6.07, 6.45) is 1.46. The van der Waals surface area contributed by atoms with E-state index in [9.17, 15) is 10.1 Å². The van der Waals surface area contributed by atoms with Crippen LogP contribution in [0.3, 0.4) is 0 Å². The fourth-order valence-corrected chi connectivity index (χ4v) is 1.91. The molecule has 6 heteroatoms. The number of anilines is 1. The Bertz CT molecular complexity index is 432. The Morgan fingerprint density at radius 1 is 1.24 bits per heavy atom. The molecule has 0 saturated carbocycles. The summed E-state index contributed by atoms with van der Waals surface area (Å²) in [7, 11) is 0. The summed E-state index contributed by atoms with van der Waals surface area (Å²) in [5.41, 5.74) is 1.87. The molecule has 1 aliphatic rings. The van der Waals surface area contributed by atoms with Gasteiger partial charge >= 0.3 is 0 Å². The highest BCUT2D eigenvalue weighted by molar-refractivity contribution is 5.86. The third-order valence-electron chi connectivity index (χ3n) is 2.91. The van der Waals surface area contributed by atoms with Gasteiger partial charge in [-0.2, -0.15) is 0 Å². The van der Waals surface area contributed by atoms with Crippen molar-refractivity contribution in [3.8, 4) is 0 Å². The van der Waals surface area contributed by atoms with Crippen LogP contribution in [0.1, 0.15) is 12.8 Å². The summed E-state index contributed by atoms with van der Waals surface area (Å²) in [5, 5.41) is 22.4. The number of oxime groups is 1. The summed E-state index contributed by atoms with van der Waals surface area (Å²) in [5.74, 6) is 0. The van der Waals surface area contributed by atoms with E-state index in [-0.39, 0.29) is 5.69 Å². The van der Waals surface area contributed by atoms with Gasteiger partial charge in [0.25, 0.3) is 5.69 Å². The van der Waals surface area contributed by atoms with E-state index >= 15 is 0 Å². The minimum absolute atomic E-state index is 0.100. The van der Waals surface area contributed by atoms with Gasteiger partial charge in [0.05, 0.1) is 10.6 Å². The van der Waals surface area contributed by atoms with E-state index in [0.717, 1.165) is 37.3 Å². The van der Waals surface area contributed by atoms with Crippen LogP contribution in [-0.2, 0) is 0 Å². The largest absolute Gasteiger partial charge is 0.411 e. The van der Waals surface area contributed by atoms with E-state index in [1.165, 1.54) is 12.1 Å². The molecule has 0 unspecified atom stereocenters. The predicted molar refractivity (Wildman–Crippen MR) is 63.8 cm³/mol. The maximum Gasteiger partial charge on any atom is 0.269 e. The van der Waals surface area contributed by atoms with Gasteiger partial charge in [-0.05, 0) is 12.1 Å². The minimum Gasteiger partial charge on any atom is -0.411 e. The maximum atomic E-state index is 10.5. The summed E-state index contributed by atoms with van der Waals surface area (Å²) in [4.78, 5) is 12.2. The van der Waals surface area contributed by atoms with Crippen LogP contribution in [-0.4, -0.2) is 28.9 Å². The lowest BCUT2D eigenvalue weighted by atomic mass is 10.1. The predicted octanol–water partition coefficient (Wildman–Crippen LogP) is 2.03. The molecule has 1 saturated heterocycles. The number of non-ortho nitro benzene ring substituents is 1. The van der Waals surface area contributed by atoms with E-state index in [2.05, 4.69) is 10.1 Å². The van der Waals surface area contributed by atoms with Crippen molar-refractivity contribution in [2.45, 2.75) is 12.8 Å². The summed E-state index contributed by atoms with van der Waals surface area (Å²) in [6.45, 7) is 1.55. The van der Waals surface area contributed by atoms with Crippen molar-refractivity contribution in [3.63, 3.8) is 0 Å². The molecule has 2 rings (SSSR count). The molecule has 0 amide bonds. The molecule has 1 heterocycles. The zero-order valence-corrected chi connectivity index (χ0v) is 9.24. The molecule has 0 bridgehead atoms. The first kappa shape index (κ1) is 11.4. The van der Waals surface area contributed by atoms with E-state index in [0.29, 0.717) is 0 Å². The molecule has 1 aromatic rings. The van der Waals surface area contributed by atoms with Crippen molar-refractivity contribution in [1.29, 1.82) is 0 Å². The number of nitro benzene ring substituents is 1. The lowest BCUT2D eigenvalue weighted by Gasteiger charge is -2.29. The van der Waals surface area contributed by atoms with Crippen molar-refractivity contribution >= 4 is 17.1 Å². The van der Waals surface area contributed by atoms with Crippen LogP contribution in [0.4, 0.5) is 11.4 Å². The molecule has 0 atom stereocenters. The van der Waals surface area contributed by atoms with Crippen molar-refractivity contribution < 1.29 is 10.1 Å². The van der Waals surface area contributed by atoms with Gasteiger partial charge in [0.1, 0.15) is 0 Å². The standard InChI is InChI=1S/C11H13N3O3/c15-12-9-5-7-13(8-6-9)10-1-3-11(4-2-10)14(16)17/h1-4,15H,5-8H2. The molecule has 17 heavy (non-hydrogen) atoms. The molecular formula is C11H13N3O3. The molecule has 0 aliphatic carbocycles. The number of benzene rings is 1. The SMILES string of the molecule is O=[N+]([O-])c1ccc(N2CCC(=NO)CC2)cc1. The number of hydrogen-bond acceptors (Lipinski definition) is 5. The van der Waals surface area contributed by atoms with Crippen molar-refractivity contribution in [3.05, 3.63) is 34.4 Å². The summed E-state index contributed by atoms with van der Waals surface area (Å²) in [6, 6.07) is 6.51. The molecular weight excluding hydrogens is 222 g/mol. The van der Waals surface area contributed by atoms with Gasteiger partial charge in [0.15, 0.2) is 0 Å². The highest BCUT2D eigenvalue weighted by Gasteiger charge is 2.16. The van der Waals surface area contributed by atoms with Gasteiger partial charge in [0, 0.05) is 43.8 Å². The van der Waals surface area contributed by atoms with Gasteiger partial charge in [-0.25, -0.2) is 0 Å². The zero-order valence-electron chi connectivity index (χ0n) is 9.24. The Morgan fingerprint density at radius 3 is 2.29 bits per heavy atom. The second kappa shape index (κ2) is 4.82. The normalized spacial score (nSPS) is 15.8. The quantitative estimate of drug-likeness (QED) is 0.483. The van der Waals surface area contributed by atoms with Crippen LogP contribution in [0.25, 0.3) is 0 Å². The Balaban J connectivity index is 2.06. The van der Waals surface area contributed by atoms with Crippen LogP contribution in [0.5, 0.6) is 0 Å². The average molecular weight is 235 g/mol. The van der Waals surface area contributed by atoms with Crippen LogP contribution in [0.15, 0.2) is 29.4 Å². The summed E-state index contributed by atoms with van der Waals surface area (Å²) < 4.78 is 0. The number of hydrogen-bond donors (Lipinski definition) is 1. The molecule has 1 N–H and O–H groups in total. The molecule has 0 radical (unpaired) electrons. The molecule has 0 aromatic heterocycles. The van der Waals surface area contributed by atoms with Crippen LogP contribution in [0.2, 0.25) is 0 Å². The molecule has 0 spiro atoms. The van der Waals surface area contributed by atoms with E-state index in [4.69, 9.17) is 5.21 Å². The maximum absolute atomic E-state index is 10.5. The Labute approximate surface area is 98.3 Å². The van der Waals surface area contributed by atoms with E-state index in [1.807, 2.05) is 0 Å². The first-order chi connectivity index (χ1) is 8.20. The molecule has 1 aliphatic heterocycles. The smallest absolute Gasteiger partial charge is 0.269 e. The fraction of sp³-hybridized carbons (Fsp3) is 0.364. The van der Waals surface area contributed by atoms with Crippen LogP contribution in [0, 0.1) is 10.1 Å². The molecule has 6 nitrogen and oxygen atoms in total. The first-order valence-corrected chi connectivity index (χ1v) is 5.40. The van der Waals surface area contributed by atoms with Crippen LogP contribution < -0.4 is 4.90 Å². The van der Waals surface area contributed by atoms with Crippen molar-refractivity contribution in [2.24, 2.45) is 5.16 Å². The Hall–Kier alpha value is -2.11. The van der Waals surface area contributed by atoms with Crippen molar-refractivity contribution in [1.82, 2.24) is 0 Å². The highest BCUT2D eigenvalue weighted by Crippen LogP contribution is 2.21. The average Bonchev–Trinajstić information content (AvgIpc) is 2.39. The second-order valence-electron chi connectivity index (χ2n) is 3.93. The van der Waals surface area contributed by atoms with Gasteiger partial charge in [-0.15, -0.1) is 0 Å². The monoisotopic (exact) mass is 235 g/mol. The molecule has 1 fully saturated rings. The zero-order chi connectivity index (χ0) is 12.3.